The van der Waals surface area contributed by atoms with Crippen molar-refractivity contribution in [3.05, 3.63) is 24.3 Å². The number of nitrogens with two attached hydrogens (primary N) is 1. The summed E-state index contributed by atoms with van der Waals surface area (Å²) in [6.45, 7) is 2.92. The molecule has 0 unspecified atom stereocenters. The summed E-state index contributed by atoms with van der Waals surface area (Å²) in [5.74, 6) is -0.0578. The molecule has 7 nitrogen and oxygen atoms in total. The lowest BCUT2D eigenvalue weighted by Gasteiger charge is -2.08. The van der Waals surface area contributed by atoms with Crippen molar-refractivity contribution in [3.8, 4) is 0 Å². The van der Waals surface area contributed by atoms with Gasteiger partial charge >= 0.3 is 0 Å². The number of anilines is 1. The number of nitrogens with one attached hydrogen (secondary N) is 2. The highest BCUT2D eigenvalue weighted by molar-refractivity contribution is 7.92. The molecule has 19 heavy (non-hydrogen) atoms. The maximum atomic E-state index is 11.7. The molecular weight excluding hydrogens is 290 g/mol. The Labute approximate surface area is 113 Å². The highest BCUT2D eigenvalue weighted by atomic mass is 32.2. The molecular formula is C10H17N3O4S2. The maximum absolute atomic E-state index is 11.7. The van der Waals surface area contributed by atoms with E-state index in [9.17, 15) is 16.8 Å². The topological polar surface area (TPSA) is 118 Å². The summed E-state index contributed by atoms with van der Waals surface area (Å²) >= 11 is 0. The van der Waals surface area contributed by atoms with Crippen LogP contribution < -0.4 is 15.2 Å². The quantitative estimate of drug-likeness (QED) is 0.597. The van der Waals surface area contributed by atoms with E-state index in [1.54, 1.807) is 0 Å². The average Bonchev–Trinajstić information content (AvgIpc) is 2.28. The molecule has 9 heteroatoms. The van der Waals surface area contributed by atoms with E-state index in [0.29, 0.717) is 18.8 Å². The van der Waals surface area contributed by atoms with Gasteiger partial charge in [0.15, 0.2) is 0 Å². The van der Waals surface area contributed by atoms with E-state index in [2.05, 4.69) is 10.0 Å². The molecule has 0 heterocycles. The minimum atomic E-state index is -3.77. The lowest BCUT2D eigenvalue weighted by atomic mass is 10.3. The van der Waals surface area contributed by atoms with E-state index in [4.69, 9.17) is 5.14 Å². The predicted molar refractivity (Wildman–Crippen MR) is 73.8 cm³/mol. The Balaban J connectivity index is 2.73. The minimum absolute atomic E-state index is 0.0578. The van der Waals surface area contributed by atoms with Crippen LogP contribution in [0.25, 0.3) is 0 Å². The van der Waals surface area contributed by atoms with E-state index in [1.807, 2.05) is 6.92 Å². The molecule has 0 bridgehead atoms. The standard InChI is InChI=1S/C10H17N3O4S2/c1-2-12-7-8-18(14,15)13-9-3-5-10(6-4-9)19(11,16)17/h3-6,12-13H,2,7-8H2,1H3,(H2,11,16,17). The Bertz CT molecular complexity index is 609. The van der Waals surface area contributed by atoms with Crippen molar-refractivity contribution in [1.82, 2.24) is 5.32 Å². The van der Waals surface area contributed by atoms with Gasteiger partial charge < -0.3 is 5.32 Å². The molecule has 1 rings (SSSR count). The van der Waals surface area contributed by atoms with Crippen molar-refractivity contribution in [2.75, 3.05) is 23.6 Å². The van der Waals surface area contributed by atoms with E-state index >= 15 is 0 Å². The van der Waals surface area contributed by atoms with Gasteiger partial charge in [-0.05, 0) is 30.8 Å². The number of rotatable bonds is 7. The van der Waals surface area contributed by atoms with Crippen LogP contribution in [0.4, 0.5) is 5.69 Å². The van der Waals surface area contributed by atoms with Gasteiger partial charge in [-0.3, -0.25) is 4.72 Å². The first-order valence-electron chi connectivity index (χ1n) is 5.58. The van der Waals surface area contributed by atoms with E-state index < -0.39 is 20.0 Å². The first-order chi connectivity index (χ1) is 8.74. The molecule has 0 saturated carbocycles. The Morgan fingerprint density at radius 1 is 1.11 bits per heavy atom. The van der Waals surface area contributed by atoms with Gasteiger partial charge in [0.05, 0.1) is 10.6 Å². The van der Waals surface area contributed by atoms with Crippen molar-refractivity contribution in [2.24, 2.45) is 5.14 Å². The third-order valence-corrected chi connectivity index (χ3v) is 4.47. The van der Waals surface area contributed by atoms with Crippen LogP contribution in [0.2, 0.25) is 0 Å². The zero-order valence-electron chi connectivity index (χ0n) is 10.5. The molecule has 0 aliphatic rings. The van der Waals surface area contributed by atoms with Crippen LogP contribution in [0.3, 0.4) is 0 Å². The van der Waals surface area contributed by atoms with Gasteiger partial charge in [0.2, 0.25) is 20.0 Å². The largest absolute Gasteiger partial charge is 0.316 e. The molecule has 0 amide bonds. The summed E-state index contributed by atoms with van der Waals surface area (Å²) in [6.07, 6.45) is 0. The molecule has 108 valence electrons. The summed E-state index contributed by atoms with van der Waals surface area (Å²) in [6, 6.07) is 5.20. The molecule has 0 aliphatic heterocycles. The van der Waals surface area contributed by atoms with Gasteiger partial charge in [0.25, 0.3) is 0 Å². The fourth-order valence-corrected chi connectivity index (χ4v) is 2.85. The third-order valence-electron chi connectivity index (χ3n) is 2.25. The third kappa shape index (κ3) is 5.55. The molecule has 1 aromatic carbocycles. The SMILES string of the molecule is CCNCCS(=O)(=O)Nc1ccc(S(N)(=O)=O)cc1. The van der Waals surface area contributed by atoms with Crippen LogP contribution in [0.5, 0.6) is 0 Å². The zero-order valence-corrected chi connectivity index (χ0v) is 12.1. The molecule has 0 spiro atoms. The van der Waals surface area contributed by atoms with Crippen LogP contribution in [-0.2, 0) is 20.0 Å². The Morgan fingerprint density at radius 3 is 2.16 bits per heavy atom. The van der Waals surface area contributed by atoms with Crippen LogP contribution in [0, 0.1) is 0 Å². The Hall–Kier alpha value is -1.16. The van der Waals surface area contributed by atoms with Crippen LogP contribution in [0.1, 0.15) is 6.92 Å². The number of sulfonamides is 2. The summed E-state index contributed by atoms with van der Waals surface area (Å²) in [5, 5.41) is 7.84. The number of benzene rings is 1. The first kappa shape index (κ1) is 15.9. The predicted octanol–water partition coefficient (Wildman–Crippen LogP) is -0.315. The van der Waals surface area contributed by atoms with Crippen LogP contribution >= 0.6 is 0 Å². The molecule has 1 aromatic rings. The van der Waals surface area contributed by atoms with Crippen LogP contribution in [0.15, 0.2) is 29.2 Å². The highest BCUT2D eigenvalue weighted by Crippen LogP contribution is 2.13. The number of primary sulfonamides is 1. The maximum Gasteiger partial charge on any atom is 0.238 e. The second kappa shape index (κ2) is 6.33. The van der Waals surface area contributed by atoms with Crippen molar-refractivity contribution >= 4 is 25.7 Å². The second-order valence-electron chi connectivity index (χ2n) is 3.84. The Morgan fingerprint density at radius 2 is 1.68 bits per heavy atom. The van der Waals surface area contributed by atoms with E-state index in [0.717, 1.165) is 0 Å². The number of hydrogen-bond donors (Lipinski definition) is 3. The molecule has 4 N–H and O–H groups in total. The summed E-state index contributed by atoms with van der Waals surface area (Å²) in [4.78, 5) is -0.0666. The Kier molecular flexibility index (Phi) is 5.29. The van der Waals surface area contributed by atoms with Crippen LogP contribution in [-0.4, -0.2) is 35.7 Å². The molecule has 0 aromatic heterocycles. The minimum Gasteiger partial charge on any atom is -0.316 e. The summed E-state index contributed by atoms with van der Waals surface area (Å²) < 4.78 is 47.7. The van der Waals surface area contributed by atoms with Gasteiger partial charge in [-0.2, -0.15) is 0 Å². The van der Waals surface area contributed by atoms with Gasteiger partial charge in [-0.25, -0.2) is 22.0 Å². The zero-order chi connectivity index (χ0) is 14.5. The fourth-order valence-electron chi connectivity index (χ4n) is 1.33. The summed E-state index contributed by atoms with van der Waals surface area (Å²) in [7, 11) is -7.22. The van der Waals surface area contributed by atoms with Crippen molar-refractivity contribution in [3.63, 3.8) is 0 Å². The van der Waals surface area contributed by atoms with Gasteiger partial charge in [0.1, 0.15) is 0 Å². The monoisotopic (exact) mass is 307 g/mol. The number of hydrogen-bond acceptors (Lipinski definition) is 5. The lowest BCUT2D eigenvalue weighted by Crippen LogP contribution is -2.26. The van der Waals surface area contributed by atoms with Gasteiger partial charge in [-0.15, -0.1) is 0 Å². The first-order valence-corrected chi connectivity index (χ1v) is 8.78. The highest BCUT2D eigenvalue weighted by Gasteiger charge is 2.11. The van der Waals surface area contributed by atoms with Gasteiger partial charge in [0, 0.05) is 12.2 Å². The van der Waals surface area contributed by atoms with Crippen molar-refractivity contribution < 1.29 is 16.8 Å². The average molecular weight is 307 g/mol. The van der Waals surface area contributed by atoms with E-state index in [-0.39, 0.29) is 10.6 Å². The smallest absolute Gasteiger partial charge is 0.238 e. The van der Waals surface area contributed by atoms with Crippen molar-refractivity contribution in [1.29, 1.82) is 0 Å². The van der Waals surface area contributed by atoms with E-state index in [1.165, 1.54) is 24.3 Å². The fraction of sp³-hybridized carbons (Fsp3) is 0.400. The molecule has 0 fully saturated rings. The van der Waals surface area contributed by atoms with Crippen molar-refractivity contribution in [2.45, 2.75) is 11.8 Å². The normalized spacial score (nSPS) is 12.3. The summed E-state index contributed by atoms with van der Waals surface area (Å²) in [5.41, 5.74) is 0.295. The molecule has 0 atom stereocenters. The molecule has 0 aliphatic carbocycles. The lowest BCUT2D eigenvalue weighted by molar-refractivity contribution is 0.596. The molecule has 0 saturated heterocycles. The molecule has 0 radical (unpaired) electrons. The second-order valence-corrected chi connectivity index (χ2v) is 7.25. The van der Waals surface area contributed by atoms with Gasteiger partial charge in [-0.1, -0.05) is 6.92 Å².